The molecule has 1 aromatic heterocycles. The van der Waals surface area contributed by atoms with Gasteiger partial charge >= 0.3 is 0 Å². The van der Waals surface area contributed by atoms with Crippen LogP contribution in [0.15, 0.2) is 18.5 Å². The molecule has 64 valence electrons. The summed E-state index contributed by atoms with van der Waals surface area (Å²) in [6, 6.07) is 1.87. The number of nitrogens with zero attached hydrogens (tertiary/aromatic N) is 2. The van der Waals surface area contributed by atoms with Gasteiger partial charge < -0.3 is 0 Å². The number of rotatable bonds is 2. The van der Waals surface area contributed by atoms with Crippen molar-refractivity contribution < 1.29 is 0 Å². The molecular formula is C10H14N2. The Morgan fingerprint density at radius 2 is 1.83 bits per heavy atom. The van der Waals surface area contributed by atoms with Crippen LogP contribution in [0.25, 0.3) is 0 Å². The first-order chi connectivity index (χ1) is 5.76. The molecule has 0 aromatic carbocycles. The number of hydrogen-bond acceptors (Lipinski definition) is 2. The third-order valence-electron chi connectivity index (χ3n) is 2.90. The largest absolute Gasteiger partial charge is 0.241 e. The van der Waals surface area contributed by atoms with Gasteiger partial charge in [-0.1, -0.05) is 13.8 Å². The van der Waals surface area contributed by atoms with Gasteiger partial charge in [0.2, 0.25) is 0 Å². The zero-order valence-electron chi connectivity index (χ0n) is 7.62. The molecule has 2 nitrogen and oxygen atoms in total. The fourth-order valence-electron chi connectivity index (χ4n) is 1.75. The highest BCUT2D eigenvalue weighted by atomic mass is 14.9. The lowest BCUT2D eigenvalue weighted by Gasteiger charge is -2.16. The quantitative estimate of drug-likeness (QED) is 0.666. The van der Waals surface area contributed by atoms with Crippen LogP contribution in [-0.4, -0.2) is 9.97 Å². The van der Waals surface area contributed by atoms with E-state index in [0.29, 0.717) is 11.3 Å². The molecular weight excluding hydrogens is 148 g/mol. The predicted molar refractivity (Wildman–Crippen MR) is 47.8 cm³/mol. The van der Waals surface area contributed by atoms with Gasteiger partial charge in [0.1, 0.15) is 5.82 Å². The van der Waals surface area contributed by atoms with Gasteiger partial charge in [-0.3, -0.25) is 0 Å². The minimum atomic E-state index is 0.321. The first-order valence-corrected chi connectivity index (χ1v) is 4.53. The average molecular weight is 162 g/mol. The van der Waals surface area contributed by atoms with Gasteiger partial charge in [-0.05, 0) is 24.8 Å². The molecule has 0 atom stereocenters. The maximum absolute atomic E-state index is 4.32. The summed E-state index contributed by atoms with van der Waals surface area (Å²) in [5.41, 5.74) is 0.321. The Balaban J connectivity index is 2.31. The van der Waals surface area contributed by atoms with E-state index >= 15 is 0 Å². The Hall–Kier alpha value is -0.920. The molecule has 0 radical (unpaired) electrons. The summed E-state index contributed by atoms with van der Waals surface area (Å²) in [5.74, 6) is 1.71. The van der Waals surface area contributed by atoms with Crippen molar-refractivity contribution in [2.24, 2.45) is 5.92 Å². The van der Waals surface area contributed by atoms with Crippen LogP contribution < -0.4 is 0 Å². The summed E-state index contributed by atoms with van der Waals surface area (Å²) in [4.78, 5) is 8.65. The van der Waals surface area contributed by atoms with Crippen LogP contribution in [0.5, 0.6) is 0 Å². The van der Waals surface area contributed by atoms with E-state index in [9.17, 15) is 0 Å². The van der Waals surface area contributed by atoms with Crippen LogP contribution >= 0.6 is 0 Å². The van der Waals surface area contributed by atoms with Gasteiger partial charge in [0.25, 0.3) is 0 Å². The van der Waals surface area contributed by atoms with Crippen molar-refractivity contribution >= 4 is 0 Å². The molecule has 0 spiro atoms. The zero-order chi connectivity index (χ0) is 8.60. The molecule has 1 heterocycles. The molecule has 0 saturated heterocycles. The van der Waals surface area contributed by atoms with Crippen molar-refractivity contribution in [3.8, 4) is 0 Å². The molecule has 1 saturated carbocycles. The number of aromatic nitrogens is 2. The topological polar surface area (TPSA) is 25.8 Å². The number of hydrogen-bond donors (Lipinski definition) is 0. The Labute approximate surface area is 73.1 Å². The van der Waals surface area contributed by atoms with Gasteiger partial charge in [-0.25, -0.2) is 9.97 Å². The van der Waals surface area contributed by atoms with E-state index in [1.165, 1.54) is 12.8 Å². The lowest BCUT2D eigenvalue weighted by molar-refractivity contribution is 0.456. The molecule has 0 N–H and O–H groups in total. The highest BCUT2D eigenvalue weighted by molar-refractivity contribution is 5.18. The third-order valence-corrected chi connectivity index (χ3v) is 2.90. The van der Waals surface area contributed by atoms with Gasteiger partial charge in [0, 0.05) is 17.8 Å². The summed E-state index contributed by atoms with van der Waals surface area (Å²) in [6.45, 7) is 4.51. The van der Waals surface area contributed by atoms with Crippen LogP contribution in [0.4, 0.5) is 0 Å². The second-order valence-corrected chi connectivity index (χ2v) is 3.88. The lowest BCUT2D eigenvalue weighted by Crippen LogP contribution is -2.17. The van der Waals surface area contributed by atoms with Crippen molar-refractivity contribution in [2.45, 2.75) is 32.1 Å². The van der Waals surface area contributed by atoms with Crippen molar-refractivity contribution in [3.63, 3.8) is 0 Å². The molecule has 1 aliphatic rings. The van der Waals surface area contributed by atoms with E-state index in [1.54, 1.807) is 0 Å². The fraction of sp³-hybridized carbons (Fsp3) is 0.600. The summed E-state index contributed by atoms with van der Waals surface area (Å²) in [5, 5.41) is 0. The summed E-state index contributed by atoms with van der Waals surface area (Å²) >= 11 is 0. The van der Waals surface area contributed by atoms with Crippen LogP contribution in [0.1, 0.15) is 32.5 Å². The lowest BCUT2D eigenvalue weighted by atomic mass is 9.91. The zero-order valence-corrected chi connectivity index (χ0v) is 7.62. The summed E-state index contributed by atoms with van der Waals surface area (Å²) < 4.78 is 0. The molecule has 1 fully saturated rings. The first-order valence-electron chi connectivity index (χ1n) is 4.53. The third kappa shape index (κ3) is 1.02. The monoisotopic (exact) mass is 162 g/mol. The summed E-state index contributed by atoms with van der Waals surface area (Å²) in [7, 11) is 0. The SMILES string of the molecule is CC(C)C1(c2ncccn2)CC1. The Kier molecular flexibility index (Phi) is 1.63. The molecule has 0 unspecified atom stereocenters. The van der Waals surface area contributed by atoms with E-state index < -0.39 is 0 Å². The molecule has 1 aromatic rings. The molecule has 1 aliphatic carbocycles. The molecule has 2 heteroatoms. The van der Waals surface area contributed by atoms with Crippen LogP contribution in [0, 0.1) is 5.92 Å². The molecule has 0 aliphatic heterocycles. The molecule has 2 rings (SSSR count). The van der Waals surface area contributed by atoms with E-state index in [2.05, 4.69) is 23.8 Å². The Morgan fingerprint density at radius 1 is 1.25 bits per heavy atom. The fourth-order valence-corrected chi connectivity index (χ4v) is 1.75. The first kappa shape index (κ1) is 7.71. The van der Waals surface area contributed by atoms with Gasteiger partial charge in [0.15, 0.2) is 0 Å². The predicted octanol–water partition coefficient (Wildman–Crippen LogP) is 2.16. The van der Waals surface area contributed by atoms with Gasteiger partial charge in [-0.2, -0.15) is 0 Å². The maximum Gasteiger partial charge on any atom is 0.134 e. The van der Waals surface area contributed by atoms with Crippen LogP contribution in [0.3, 0.4) is 0 Å². The second-order valence-electron chi connectivity index (χ2n) is 3.88. The van der Waals surface area contributed by atoms with Crippen LogP contribution in [0.2, 0.25) is 0 Å². The van der Waals surface area contributed by atoms with Crippen molar-refractivity contribution in [1.29, 1.82) is 0 Å². The Bertz CT molecular complexity index is 262. The van der Waals surface area contributed by atoms with E-state index in [1.807, 2.05) is 18.5 Å². The summed E-state index contributed by atoms with van der Waals surface area (Å²) in [6.07, 6.45) is 6.19. The molecule has 12 heavy (non-hydrogen) atoms. The average Bonchev–Trinajstić information content (AvgIpc) is 2.86. The normalized spacial score (nSPS) is 19.6. The van der Waals surface area contributed by atoms with Crippen molar-refractivity contribution in [3.05, 3.63) is 24.3 Å². The van der Waals surface area contributed by atoms with E-state index in [-0.39, 0.29) is 0 Å². The van der Waals surface area contributed by atoms with Crippen molar-refractivity contribution in [2.75, 3.05) is 0 Å². The van der Waals surface area contributed by atoms with E-state index in [0.717, 1.165) is 5.82 Å². The van der Waals surface area contributed by atoms with Gasteiger partial charge in [-0.15, -0.1) is 0 Å². The smallest absolute Gasteiger partial charge is 0.134 e. The minimum absolute atomic E-state index is 0.321. The highest BCUT2D eigenvalue weighted by Crippen LogP contribution is 2.52. The van der Waals surface area contributed by atoms with Crippen LogP contribution in [-0.2, 0) is 5.41 Å². The standard InChI is InChI=1S/C10H14N2/c1-8(2)10(4-5-10)9-11-6-3-7-12-9/h3,6-8H,4-5H2,1-2H3. The molecule has 0 bridgehead atoms. The van der Waals surface area contributed by atoms with Gasteiger partial charge in [0.05, 0.1) is 0 Å². The second kappa shape index (κ2) is 2.54. The Morgan fingerprint density at radius 3 is 2.25 bits per heavy atom. The minimum Gasteiger partial charge on any atom is -0.241 e. The maximum atomic E-state index is 4.32. The molecule has 0 amide bonds. The highest BCUT2D eigenvalue weighted by Gasteiger charge is 2.49. The van der Waals surface area contributed by atoms with Crippen molar-refractivity contribution in [1.82, 2.24) is 9.97 Å². The van der Waals surface area contributed by atoms with E-state index in [4.69, 9.17) is 0 Å².